The first-order valence-corrected chi connectivity index (χ1v) is 8.35. The van der Waals surface area contributed by atoms with Crippen LogP contribution in [-0.2, 0) is 10.0 Å². The van der Waals surface area contributed by atoms with Crippen molar-refractivity contribution in [2.75, 3.05) is 12.4 Å². The van der Waals surface area contributed by atoms with Crippen LogP contribution in [0, 0.1) is 0 Å². The van der Waals surface area contributed by atoms with Crippen LogP contribution >= 0.6 is 27.5 Å². The lowest BCUT2D eigenvalue weighted by molar-refractivity contribution is 0.306. The van der Waals surface area contributed by atoms with Crippen molar-refractivity contribution in [1.82, 2.24) is 0 Å². The number of hydrogen-bond donors (Lipinski definition) is 1. The summed E-state index contributed by atoms with van der Waals surface area (Å²) in [6, 6.07) is 5.38. The zero-order valence-electron chi connectivity index (χ0n) is 9.73. The second-order valence-electron chi connectivity index (χ2n) is 3.85. The monoisotopic (exact) mass is 355 g/mol. The lowest BCUT2D eigenvalue weighted by Crippen LogP contribution is -2.16. The quantitative estimate of drug-likeness (QED) is 0.764. The van der Waals surface area contributed by atoms with Crippen molar-refractivity contribution in [2.45, 2.75) is 19.3 Å². The van der Waals surface area contributed by atoms with Gasteiger partial charge in [-0.3, -0.25) is 0 Å². The van der Waals surface area contributed by atoms with Crippen LogP contribution in [0.1, 0.15) is 19.3 Å². The maximum atomic E-state index is 10.7. The van der Waals surface area contributed by atoms with E-state index in [0.29, 0.717) is 23.8 Å². The molecule has 0 fully saturated rings. The molecule has 0 amide bonds. The summed E-state index contributed by atoms with van der Waals surface area (Å²) in [6.07, 6.45) is 2.06. The summed E-state index contributed by atoms with van der Waals surface area (Å²) in [7, 11) is -3.34. The Kier molecular flexibility index (Phi) is 6.42. The molecule has 2 N–H and O–H groups in total. The van der Waals surface area contributed by atoms with E-state index in [-0.39, 0.29) is 5.75 Å². The first-order valence-electron chi connectivity index (χ1n) is 5.47. The van der Waals surface area contributed by atoms with E-state index in [1.165, 1.54) is 0 Å². The fraction of sp³-hybridized carbons (Fsp3) is 0.455. The number of rotatable bonds is 7. The Bertz CT molecular complexity index is 493. The summed E-state index contributed by atoms with van der Waals surface area (Å²) in [6.45, 7) is 0.501. The number of unbranched alkanes of at least 4 members (excludes halogenated alkanes) is 2. The van der Waals surface area contributed by atoms with Crippen LogP contribution < -0.4 is 9.88 Å². The van der Waals surface area contributed by atoms with Crippen LogP contribution in [0.2, 0.25) is 5.02 Å². The molecule has 0 aliphatic heterocycles. The van der Waals surface area contributed by atoms with Gasteiger partial charge in [-0.05, 0) is 37.5 Å². The standard InChI is InChI=1S/C11H15BrClNO3S/c12-9-4-5-10(13)11(8-9)17-6-2-1-3-7-18(14,15)16/h4-5,8H,1-3,6-7H2,(H2,14,15,16). The molecular weight excluding hydrogens is 342 g/mol. The predicted molar refractivity (Wildman–Crippen MR) is 76.5 cm³/mol. The van der Waals surface area contributed by atoms with Crippen molar-refractivity contribution >= 4 is 37.6 Å². The topological polar surface area (TPSA) is 69.4 Å². The highest BCUT2D eigenvalue weighted by Gasteiger charge is 2.03. The molecule has 1 rings (SSSR count). The van der Waals surface area contributed by atoms with Gasteiger partial charge in [0.25, 0.3) is 0 Å². The summed E-state index contributed by atoms with van der Waals surface area (Å²) in [5, 5.41) is 5.45. The fourth-order valence-corrected chi connectivity index (χ4v) is 2.47. The third kappa shape index (κ3) is 6.58. The Morgan fingerprint density at radius 1 is 1.28 bits per heavy atom. The Balaban J connectivity index is 2.24. The molecule has 0 saturated carbocycles. The van der Waals surface area contributed by atoms with Crippen LogP contribution in [0.15, 0.2) is 22.7 Å². The number of hydrogen-bond acceptors (Lipinski definition) is 3. The molecule has 0 spiro atoms. The highest BCUT2D eigenvalue weighted by atomic mass is 79.9. The van der Waals surface area contributed by atoms with E-state index in [2.05, 4.69) is 15.9 Å². The number of nitrogens with two attached hydrogens (primary N) is 1. The minimum Gasteiger partial charge on any atom is -0.492 e. The number of primary sulfonamides is 1. The molecule has 0 saturated heterocycles. The second kappa shape index (κ2) is 7.33. The molecule has 0 bridgehead atoms. The maximum absolute atomic E-state index is 10.7. The van der Waals surface area contributed by atoms with E-state index in [0.717, 1.165) is 17.3 Å². The molecule has 0 radical (unpaired) electrons. The largest absolute Gasteiger partial charge is 0.492 e. The molecule has 0 unspecified atom stereocenters. The van der Waals surface area contributed by atoms with Gasteiger partial charge >= 0.3 is 0 Å². The zero-order chi connectivity index (χ0) is 13.6. The first-order chi connectivity index (χ1) is 8.38. The van der Waals surface area contributed by atoms with Crippen LogP contribution in [0.3, 0.4) is 0 Å². The third-order valence-electron chi connectivity index (χ3n) is 2.22. The Labute approximate surface area is 121 Å². The highest BCUT2D eigenvalue weighted by Crippen LogP contribution is 2.27. The van der Waals surface area contributed by atoms with Crippen LogP contribution in [0.4, 0.5) is 0 Å². The highest BCUT2D eigenvalue weighted by molar-refractivity contribution is 9.10. The van der Waals surface area contributed by atoms with Gasteiger partial charge in [-0.25, -0.2) is 13.6 Å². The van der Waals surface area contributed by atoms with Crippen molar-refractivity contribution in [2.24, 2.45) is 5.14 Å². The van der Waals surface area contributed by atoms with Crippen LogP contribution in [0.5, 0.6) is 5.75 Å². The van der Waals surface area contributed by atoms with Crippen molar-refractivity contribution in [1.29, 1.82) is 0 Å². The van der Waals surface area contributed by atoms with E-state index in [1.54, 1.807) is 12.1 Å². The van der Waals surface area contributed by atoms with E-state index in [4.69, 9.17) is 21.5 Å². The minimum absolute atomic E-state index is 0.0185. The lowest BCUT2D eigenvalue weighted by atomic mass is 10.3. The molecule has 18 heavy (non-hydrogen) atoms. The predicted octanol–water partition coefficient (Wildman–Crippen LogP) is 2.94. The lowest BCUT2D eigenvalue weighted by Gasteiger charge is -2.08. The molecule has 0 heterocycles. The Morgan fingerprint density at radius 3 is 2.67 bits per heavy atom. The van der Waals surface area contributed by atoms with Crippen molar-refractivity contribution in [3.05, 3.63) is 27.7 Å². The smallest absolute Gasteiger partial charge is 0.209 e. The summed E-state index contributed by atoms with van der Waals surface area (Å²) < 4.78 is 27.8. The van der Waals surface area contributed by atoms with Crippen molar-refractivity contribution in [3.8, 4) is 5.75 Å². The van der Waals surface area contributed by atoms with Gasteiger partial charge in [0.1, 0.15) is 5.75 Å². The number of halogens is 2. The molecule has 0 aliphatic rings. The van der Waals surface area contributed by atoms with E-state index in [9.17, 15) is 8.42 Å². The number of benzene rings is 1. The van der Waals surface area contributed by atoms with Crippen LogP contribution in [0.25, 0.3) is 0 Å². The average Bonchev–Trinajstić information content (AvgIpc) is 2.26. The van der Waals surface area contributed by atoms with Gasteiger partial charge in [0.05, 0.1) is 17.4 Å². The van der Waals surface area contributed by atoms with Gasteiger partial charge in [-0.1, -0.05) is 27.5 Å². The number of sulfonamides is 1. The maximum Gasteiger partial charge on any atom is 0.209 e. The van der Waals surface area contributed by atoms with Gasteiger partial charge in [0.2, 0.25) is 10.0 Å². The Hall–Kier alpha value is -0.300. The van der Waals surface area contributed by atoms with E-state index < -0.39 is 10.0 Å². The summed E-state index contributed by atoms with van der Waals surface area (Å²) in [5.41, 5.74) is 0. The van der Waals surface area contributed by atoms with Crippen LogP contribution in [-0.4, -0.2) is 20.8 Å². The fourth-order valence-electron chi connectivity index (χ4n) is 1.35. The van der Waals surface area contributed by atoms with Gasteiger partial charge in [-0.2, -0.15) is 0 Å². The SMILES string of the molecule is NS(=O)(=O)CCCCCOc1cc(Br)ccc1Cl. The van der Waals surface area contributed by atoms with Gasteiger partial charge in [-0.15, -0.1) is 0 Å². The molecule has 0 aliphatic carbocycles. The molecule has 4 nitrogen and oxygen atoms in total. The molecule has 102 valence electrons. The Morgan fingerprint density at radius 2 is 2.00 bits per heavy atom. The second-order valence-corrected chi connectivity index (χ2v) is 6.91. The normalized spacial score (nSPS) is 11.5. The van der Waals surface area contributed by atoms with Crippen molar-refractivity contribution < 1.29 is 13.2 Å². The first kappa shape index (κ1) is 15.8. The van der Waals surface area contributed by atoms with E-state index >= 15 is 0 Å². The summed E-state index contributed by atoms with van der Waals surface area (Å²) >= 11 is 9.29. The molecule has 0 atom stereocenters. The average molecular weight is 357 g/mol. The van der Waals surface area contributed by atoms with Crippen molar-refractivity contribution in [3.63, 3.8) is 0 Å². The molecule has 1 aromatic rings. The zero-order valence-corrected chi connectivity index (χ0v) is 12.9. The third-order valence-corrected chi connectivity index (χ3v) is 3.89. The molecular formula is C11H15BrClNO3S. The van der Waals surface area contributed by atoms with Gasteiger partial charge in [0.15, 0.2) is 0 Å². The molecule has 0 aromatic heterocycles. The summed E-state index contributed by atoms with van der Waals surface area (Å²) in [4.78, 5) is 0. The minimum atomic E-state index is -3.34. The summed E-state index contributed by atoms with van der Waals surface area (Å²) in [5.74, 6) is 0.641. The molecule has 7 heteroatoms. The van der Waals surface area contributed by atoms with Gasteiger partial charge in [0, 0.05) is 4.47 Å². The van der Waals surface area contributed by atoms with E-state index in [1.807, 2.05) is 6.07 Å². The molecule has 1 aromatic carbocycles. The number of ether oxygens (including phenoxy) is 1. The van der Waals surface area contributed by atoms with Gasteiger partial charge < -0.3 is 4.74 Å².